The van der Waals surface area contributed by atoms with E-state index >= 15 is 0 Å². The van der Waals surface area contributed by atoms with Gasteiger partial charge in [0.05, 0.1) is 6.20 Å². The van der Waals surface area contributed by atoms with Crippen LogP contribution in [-0.4, -0.2) is 41.2 Å². The van der Waals surface area contributed by atoms with Gasteiger partial charge < -0.3 is 10.2 Å². The van der Waals surface area contributed by atoms with Crippen LogP contribution in [0.4, 0.5) is 4.39 Å². The molecule has 5 nitrogen and oxygen atoms in total. The van der Waals surface area contributed by atoms with Crippen LogP contribution < -0.4 is 5.32 Å². The molecule has 0 aliphatic carbocycles. The number of hydrogen-bond acceptors (Lipinski definition) is 2. The lowest BCUT2D eigenvalue weighted by molar-refractivity contribution is 0.476. The Morgan fingerprint density at radius 3 is 2.71 bits per heavy atom. The second-order valence-corrected chi connectivity index (χ2v) is 5.84. The van der Waals surface area contributed by atoms with Crippen LogP contribution in [0.3, 0.4) is 0 Å². The van der Waals surface area contributed by atoms with Gasteiger partial charge in [-0.05, 0) is 49.9 Å². The summed E-state index contributed by atoms with van der Waals surface area (Å²) < 4.78 is 13.0. The zero-order valence-corrected chi connectivity index (χ0v) is 14.6. The van der Waals surface area contributed by atoms with E-state index < -0.39 is 0 Å². The molecule has 0 saturated carbocycles. The van der Waals surface area contributed by atoms with E-state index in [2.05, 4.69) is 32.3 Å². The van der Waals surface area contributed by atoms with E-state index in [0.717, 1.165) is 43.1 Å². The second-order valence-electron chi connectivity index (χ2n) is 5.84. The molecule has 0 aliphatic heterocycles. The molecular weight excluding hydrogens is 305 g/mol. The average molecular weight is 331 g/mol. The quantitative estimate of drug-likeness (QED) is 0.466. The number of aryl methyl sites for hydroxylation is 2. The Labute approximate surface area is 143 Å². The number of nitrogens with zero attached hydrogens (tertiary/aromatic N) is 3. The molecule has 0 unspecified atom stereocenters. The molecular formula is C18H26FN5. The highest BCUT2D eigenvalue weighted by atomic mass is 19.1. The summed E-state index contributed by atoms with van der Waals surface area (Å²) in [5, 5.41) is 10.3. The Morgan fingerprint density at radius 2 is 2.08 bits per heavy atom. The summed E-state index contributed by atoms with van der Waals surface area (Å²) in [5.74, 6) is 0.655. The van der Waals surface area contributed by atoms with Crippen LogP contribution in [0, 0.1) is 12.7 Å². The van der Waals surface area contributed by atoms with Crippen molar-refractivity contribution < 1.29 is 4.39 Å². The Balaban J connectivity index is 1.89. The Kier molecular flexibility index (Phi) is 6.78. The van der Waals surface area contributed by atoms with Crippen molar-refractivity contribution in [3.8, 4) is 0 Å². The first-order valence-corrected chi connectivity index (χ1v) is 8.33. The number of aromatic amines is 1. The van der Waals surface area contributed by atoms with E-state index in [1.807, 2.05) is 20.2 Å². The first-order chi connectivity index (χ1) is 11.6. The number of aliphatic imine (C=N–C) groups is 1. The van der Waals surface area contributed by atoms with Crippen LogP contribution >= 0.6 is 0 Å². The standard InChI is InChI=1S/C18H26FN5/c1-4-20-18(21-11-5-6-16-12-22-23-14(16)2)24(3)13-15-7-9-17(19)10-8-15/h7-10,12H,4-6,11,13H2,1-3H3,(H,20,21)(H,22,23). The molecule has 2 aromatic rings. The zero-order chi connectivity index (χ0) is 17.4. The summed E-state index contributed by atoms with van der Waals surface area (Å²) in [6.07, 6.45) is 3.82. The number of hydrogen-bond donors (Lipinski definition) is 2. The maximum atomic E-state index is 13.0. The third-order valence-electron chi connectivity index (χ3n) is 3.83. The fourth-order valence-corrected chi connectivity index (χ4v) is 2.49. The highest BCUT2D eigenvalue weighted by Crippen LogP contribution is 2.07. The highest BCUT2D eigenvalue weighted by molar-refractivity contribution is 5.79. The molecule has 2 N–H and O–H groups in total. The van der Waals surface area contributed by atoms with Crippen molar-refractivity contribution in [2.45, 2.75) is 33.2 Å². The molecule has 0 aliphatic rings. The van der Waals surface area contributed by atoms with Gasteiger partial charge in [0, 0.05) is 32.4 Å². The van der Waals surface area contributed by atoms with Crippen molar-refractivity contribution in [3.05, 3.63) is 53.1 Å². The number of H-pyrrole nitrogens is 1. The fraction of sp³-hybridized carbons (Fsp3) is 0.444. The Bertz CT molecular complexity index is 648. The van der Waals surface area contributed by atoms with E-state index in [1.165, 1.54) is 17.7 Å². The molecule has 0 saturated heterocycles. The third kappa shape index (κ3) is 5.37. The van der Waals surface area contributed by atoms with Crippen molar-refractivity contribution >= 4 is 5.96 Å². The van der Waals surface area contributed by atoms with E-state index in [1.54, 1.807) is 12.1 Å². The largest absolute Gasteiger partial charge is 0.357 e. The lowest BCUT2D eigenvalue weighted by Gasteiger charge is -2.22. The van der Waals surface area contributed by atoms with Crippen molar-refractivity contribution in [2.75, 3.05) is 20.1 Å². The van der Waals surface area contributed by atoms with Gasteiger partial charge in [-0.1, -0.05) is 12.1 Å². The van der Waals surface area contributed by atoms with Crippen molar-refractivity contribution in [1.82, 2.24) is 20.4 Å². The minimum Gasteiger partial charge on any atom is -0.357 e. The predicted molar refractivity (Wildman–Crippen MR) is 95.5 cm³/mol. The number of aromatic nitrogens is 2. The van der Waals surface area contributed by atoms with Crippen molar-refractivity contribution in [1.29, 1.82) is 0 Å². The average Bonchev–Trinajstić information content (AvgIpc) is 2.97. The molecule has 6 heteroatoms. The molecule has 0 bridgehead atoms. The molecule has 0 spiro atoms. The summed E-state index contributed by atoms with van der Waals surface area (Å²) in [5.41, 5.74) is 3.42. The molecule has 2 rings (SSSR count). The zero-order valence-electron chi connectivity index (χ0n) is 14.6. The molecule has 130 valence electrons. The molecule has 1 aromatic carbocycles. The van der Waals surface area contributed by atoms with Crippen LogP contribution in [0.25, 0.3) is 0 Å². The van der Waals surface area contributed by atoms with Crippen LogP contribution in [0.1, 0.15) is 30.2 Å². The van der Waals surface area contributed by atoms with E-state index in [9.17, 15) is 4.39 Å². The molecule has 0 radical (unpaired) electrons. The molecule has 1 aromatic heterocycles. The van der Waals surface area contributed by atoms with Crippen LogP contribution in [-0.2, 0) is 13.0 Å². The van der Waals surface area contributed by atoms with Gasteiger partial charge in [-0.25, -0.2) is 4.39 Å². The van der Waals surface area contributed by atoms with Gasteiger partial charge in [0.2, 0.25) is 0 Å². The molecule has 0 fully saturated rings. The number of benzene rings is 1. The topological polar surface area (TPSA) is 56.3 Å². The number of rotatable bonds is 7. The normalized spacial score (nSPS) is 11.6. The first-order valence-electron chi connectivity index (χ1n) is 8.33. The van der Waals surface area contributed by atoms with Gasteiger partial charge >= 0.3 is 0 Å². The lowest BCUT2D eigenvalue weighted by Crippen LogP contribution is -2.38. The van der Waals surface area contributed by atoms with Crippen LogP contribution in [0.15, 0.2) is 35.5 Å². The van der Waals surface area contributed by atoms with Gasteiger partial charge in [-0.2, -0.15) is 5.10 Å². The lowest BCUT2D eigenvalue weighted by atomic mass is 10.1. The van der Waals surface area contributed by atoms with Crippen molar-refractivity contribution in [3.63, 3.8) is 0 Å². The van der Waals surface area contributed by atoms with E-state index in [4.69, 9.17) is 0 Å². The molecule has 0 amide bonds. The number of halogens is 1. The van der Waals surface area contributed by atoms with E-state index in [0.29, 0.717) is 6.54 Å². The summed E-state index contributed by atoms with van der Waals surface area (Å²) in [7, 11) is 1.99. The minimum atomic E-state index is -0.212. The number of nitrogens with one attached hydrogen (secondary N) is 2. The minimum absolute atomic E-state index is 0.212. The van der Waals surface area contributed by atoms with E-state index in [-0.39, 0.29) is 5.82 Å². The van der Waals surface area contributed by atoms with Crippen molar-refractivity contribution in [2.24, 2.45) is 4.99 Å². The summed E-state index contributed by atoms with van der Waals surface area (Å²) in [6.45, 7) is 6.34. The third-order valence-corrected chi connectivity index (χ3v) is 3.83. The Morgan fingerprint density at radius 1 is 1.33 bits per heavy atom. The summed E-state index contributed by atoms with van der Waals surface area (Å²) >= 11 is 0. The second kappa shape index (κ2) is 9.05. The van der Waals surface area contributed by atoms with Crippen LogP contribution in [0.5, 0.6) is 0 Å². The van der Waals surface area contributed by atoms with Crippen LogP contribution in [0.2, 0.25) is 0 Å². The summed E-state index contributed by atoms with van der Waals surface area (Å²) in [4.78, 5) is 6.74. The molecule has 0 atom stereocenters. The summed E-state index contributed by atoms with van der Waals surface area (Å²) in [6, 6.07) is 6.58. The SMILES string of the molecule is CCNC(=NCCCc1cn[nH]c1C)N(C)Cc1ccc(F)cc1. The number of guanidine groups is 1. The maximum Gasteiger partial charge on any atom is 0.193 e. The first kappa shape index (κ1) is 18.0. The molecule has 24 heavy (non-hydrogen) atoms. The van der Waals surface area contributed by atoms with Gasteiger partial charge in [0.1, 0.15) is 5.82 Å². The van der Waals surface area contributed by atoms with Gasteiger partial charge in [-0.3, -0.25) is 10.1 Å². The van der Waals surface area contributed by atoms with Gasteiger partial charge in [-0.15, -0.1) is 0 Å². The smallest absolute Gasteiger partial charge is 0.193 e. The maximum absolute atomic E-state index is 13.0. The van der Waals surface area contributed by atoms with Gasteiger partial charge in [0.15, 0.2) is 5.96 Å². The predicted octanol–water partition coefficient (Wildman–Crippen LogP) is 2.89. The fourth-order valence-electron chi connectivity index (χ4n) is 2.49. The Hall–Kier alpha value is -2.37. The highest BCUT2D eigenvalue weighted by Gasteiger charge is 2.07. The monoisotopic (exact) mass is 331 g/mol. The van der Waals surface area contributed by atoms with Gasteiger partial charge in [0.25, 0.3) is 0 Å². The molecule has 1 heterocycles.